The predicted molar refractivity (Wildman–Crippen MR) is 89.4 cm³/mol. The summed E-state index contributed by atoms with van der Waals surface area (Å²) in [4.78, 5) is 15.1. The zero-order valence-electron chi connectivity index (χ0n) is 12.1. The molecule has 23 heavy (non-hydrogen) atoms. The van der Waals surface area contributed by atoms with E-state index in [4.69, 9.17) is 9.47 Å². The Labute approximate surface area is 140 Å². The Bertz CT molecular complexity index is 815. The lowest BCUT2D eigenvalue weighted by atomic mass is 10.3. The van der Waals surface area contributed by atoms with E-state index in [1.165, 1.54) is 30.6 Å². The van der Waals surface area contributed by atoms with E-state index < -0.39 is 4.92 Å². The highest BCUT2D eigenvalue weighted by Crippen LogP contribution is 2.32. The molecule has 0 aliphatic carbocycles. The van der Waals surface area contributed by atoms with Crippen molar-refractivity contribution in [3.63, 3.8) is 0 Å². The molecule has 8 heteroatoms. The first kappa shape index (κ1) is 15.4. The maximum Gasteiger partial charge on any atom is 0.314 e. The minimum atomic E-state index is -0.490. The smallest absolute Gasteiger partial charge is 0.314 e. The van der Waals surface area contributed by atoms with Gasteiger partial charge in [-0.3, -0.25) is 10.1 Å². The number of thiophene rings is 1. The zero-order valence-corrected chi connectivity index (χ0v) is 13.7. The molecule has 0 N–H and O–H groups in total. The number of hydrogen-bond donors (Lipinski definition) is 0. The van der Waals surface area contributed by atoms with E-state index in [1.807, 2.05) is 22.2 Å². The lowest BCUT2D eigenvalue weighted by Crippen LogP contribution is -2.00. The van der Waals surface area contributed by atoms with Crippen molar-refractivity contribution in [3.8, 4) is 22.1 Å². The van der Waals surface area contributed by atoms with Crippen molar-refractivity contribution in [3.05, 3.63) is 56.2 Å². The van der Waals surface area contributed by atoms with Gasteiger partial charge < -0.3 is 9.47 Å². The topological polar surface area (TPSA) is 74.5 Å². The summed E-state index contributed by atoms with van der Waals surface area (Å²) in [7, 11) is 1.46. The fraction of sp³-hybridized carbons (Fsp3) is 0.133. The highest BCUT2D eigenvalue weighted by atomic mass is 32.1. The molecule has 3 aromatic rings. The lowest BCUT2D eigenvalue weighted by molar-refractivity contribution is -0.386. The van der Waals surface area contributed by atoms with Crippen molar-refractivity contribution in [2.24, 2.45) is 0 Å². The molecule has 0 fully saturated rings. The number of rotatable bonds is 6. The largest absolute Gasteiger partial charge is 0.496 e. The first-order valence-corrected chi connectivity index (χ1v) is 8.42. The number of nitrogens with zero attached hydrogens (tertiary/aromatic N) is 2. The molecule has 0 radical (unpaired) electrons. The number of nitro groups is 1. The Hall–Kier alpha value is -2.45. The maximum absolute atomic E-state index is 11.1. The molecule has 0 aliphatic rings. The van der Waals surface area contributed by atoms with Gasteiger partial charge in [0.15, 0.2) is 5.75 Å². The van der Waals surface area contributed by atoms with E-state index in [2.05, 4.69) is 4.98 Å². The van der Waals surface area contributed by atoms with Gasteiger partial charge in [0.05, 0.1) is 23.8 Å². The Kier molecular flexibility index (Phi) is 4.54. The van der Waals surface area contributed by atoms with Gasteiger partial charge in [0, 0.05) is 16.3 Å². The third kappa shape index (κ3) is 3.49. The number of nitro benzene ring substituents is 1. The van der Waals surface area contributed by atoms with Gasteiger partial charge in [0.1, 0.15) is 17.4 Å². The van der Waals surface area contributed by atoms with Gasteiger partial charge in [-0.15, -0.1) is 11.3 Å². The van der Waals surface area contributed by atoms with Crippen molar-refractivity contribution in [1.82, 2.24) is 4.98 Å². The monoisotopic (exact) mass is 348 g/mol. The van der Waals surface area contributed by atoms with E-state index >= 15 is 0 Å². The molecule has 1 aromatic carbocycles. The molecular weight excluding hydrogens is 336 g/mol. The Balaban J connectivity index is 1.74. The second-order valence-electron chi connectivity index (χ2n) is 4.54. The predicted octanol–water partition coefficient (Wildman–Crippen LogP) is 4.37. The molecule has 0 unspecified atom stereocenters. The summed E-state index contributed by atoms with van der Waals surface area (Å²) in [5, 5.41) is 17.9. The van der Waals surface area contributed by atoms with E-state index in [9.17, 15) is 10.1 Å². The molecule has 0 saturated carbocycles. The first-order valence-electron chi connectivity index (χ1n) is 6.59. The van der Waals surface area contributed by atoms with Gasteiger partial charge in [-0.25, -0.2) is 4.98 Å². The second kappa shape index (κ2) is 6.76. The molecule has 3 rings (SSSR count). The normalized spacial score (nSPS) is 10.5. The summed E-state index contributed by atoms with van der Waals surface area (Å²) in [6.45, 7) is 0.174. The molecule has 0 saturated heterocycles. The van der Waals surface area contributed by atoms with Crippen LogP contribution >= 0.6 is 22.7 Å². The highest BCUT2D eigenvalue weighted by Gasteiger charge is 2.17. The third-order valence-electron chi connectivity index (χ3n) is 3.06. The molecule has 0 aliphatic heterocycles. The van der Waals surface area contributed by atoms with Crippen molar-refractivity contribution in [1.29, 1.82) is 0 Å². The summed E-state index contributed by atoms with van der Waals surface area (Å²) in [6.07, 6.45) is 0. The van der Waals surface area contributed by atoms with E-state index in [0.29, 0.717) is 5.75 Å². The van der Waals surface area contributed by atoms with Crippen LogP contribution in [-0.2, 0) is 6.61 Å². The van der Waals surface area contributed by atoms with Gasteiger partial charge in [-0.2, -0.15) is 11.3 Å². The molecule has 0 bridgehead atoms. The minimum Gasteiger partial charge on any atom is -0.496 e. The number of hydrogen-bond acceptors (Lipinski definition) is 7. The highest BCUT2D eigenvalue weighted by molar-refractivity contribution is 7.14. The Morgan fingerprint density at radius 3 is 2.87 bits per heavy atom. The van der Waals surface area contributed by atoms with Crippen molar-refractivity contribution >= 4 is 28.4 Å². The molecule has 6 nitrogen and oxygen atoms in total. The number of ether oxygens (including phenoxy) is 2. The van der Waals surface area contributed by atoms with Crippen LogP contribution in [0.4, 0.5) is 5.69 Å². The number of aromatic nitrogens is 1. The van der Waals surface area contributed by atoms with Gasteiger partial charge in [0.2, 0.25) is 0 Å². The van der Waals surface area contributed by atoms with Gasteiger partial charge in [-0.05, 0) is 23.6 Å². The molecule has 0 atom stereocenters. The molecule has 2 aromatic heterocycles. The van der Waals surface area contributed by atoms with Crippen LogP contribution in [0.5, 0.6) is 11.5 Å². The summed E-state index contributed by atoms with van der Waals surface area (Å²) in [5.74, 6) is 0.610. The van der Waals surface area contributed by atoms with Crippen LogP contribution in [0, 0.1) is 10.1 Å². The molecular formula is C15H12N2O4S2. The summed E-state index contributed by atoms with van der Waals surface area (Å²) < 4.78 is 10.6. The van der Waals surface area contributed by atoms with E-state index in [-0.39, 0.29) is 18.0 Å². The second-order valence-corrected chi connectivity index (χ2v) is 6.17. The fourth-order valence-electron chi connectivity index (χ4n) is 1.93. The van der Waals surface area contributed by atoms with Crippen LogP contribution in [0.25, 0.3) is 10.6 Å². The summed E-state index contributed by atoms with van der Waals surface area (Å²) in [6, 6.07) is 6.50. The standard InChI is InChI=1S/C15H12N2O4S2/c1-20-12-2-3-14(13(6-12)17(18)19)21-7-11-9-23-15(16-11)10-4-5-22-8-10/h2-6,8-9H,7H2,1H3. The van der Waals surface area contributed by atoms with Crippen LogP contribution in [0.15, 0.2) is 40.4 Å². The van der Waals surface area contributed by atoms with Crippen molar-refractivity contribution in [2.75, 3.05) is 7.11 Å². The number of benzene rings is 1. The SMILES string of the molecule is COc1ccc(OCc2csc(-c3ccsc3)n2)c([N+](=O)[O-])c1. The average Bonchev–Trinajstić information content (AvgIpc) is 3.23. The van der Waals surface area contributed by atoms with Crippen LogP contribution in [-0.4, -0.2) is 17.0 Å². The summed E-state index contributed by atoms with van der Waals surface area (Å²) >= 11 is 3.13. The Morgan fingerprint density at radius 2 is 2.17 bits per heavy atom. The number of thiazole rings is 1. The maximum atomic E-state index is 11.1. The van der Waals surface area contributed by atoms with Gasteiger partial charge in [0.25, 0.3) is 0 Å². The fourth-order valence-corrected chi connectivity index (χ4v) is 3.45. The van der Waals surface area contributed by atoms with Crippen molar-refractivity contribution < 1.29 is 14.4 Å². The van der Waals surface area contributed by atoms with E-state index in [1.54, 1.807) is 17.4 Å². The lowest BCUT2D eigenvalue weighted by Gasteiger charge is -2.06. The van der Waals surface area contributed by atoms with Crippen LogP contribution in [0.2, 0.25) is 0 Å². The van der Waals surface area contributed by atoms with Gasteiger partial charge >= 0.3 is 5.69 Å². The minimum absolute atomic E-state index is 0.127. The molecule has 2 heterocycles. The first-order chi connectivity index (χ1) is 11.2. The molecule has 0 amide bonds. The van der Waals surface area contributed by atoms with Crippen LogP contribution < -0.4 is 9.47 Å². The Morgan fingerprint density at radius 1 is 1.30 bits per heavy atom. The number of methoxy groups -OCH3 is 1. The van der Waals surface area contributed by atoms with Crippen LogP contribution in [0.1, 0.15) is 5.69 Å². The summed E-state index contributed by atoms with van der Waals surface area (Å²) in [5.41, 5.74) is 1.68. The molecule has 118 valence electrons. The van der Waals surface area contributed by atoms with Crippen LogP contribution in [0.3, 0.4) is 0 Å². The van der Waals surface area contributed by atoms with Gasteiger partial charge in [-0.1, -0.05) is 0 Å². The zero-order chi connectivity index (χ0) is 16.2. The quantitative estimate of drug-likeness (QED) is 0.488. The third-order valence-corrected chi connectivity index (χ3v) is 4.68. The van der Waals surface area contributed by atoms with Crippen molar-refractivity contribution in [2.45, 2.75) is 6.61 Å². The van der Waals surface area contributed by atoms with E-state index in [0.717, 1.165) is 16.3 Å². The molecule has 0 spiro atoms. The average molecular weight is 348 g/mol.